The molecule has 1 atom stereocenters. The Morgan fingerprint density at radius 3 is 2.26 bits per heavy atom. The molecule has 2 N–H and O–H groups in total. The SMILES string of the molecule is CN(C)CCC[C@H](CSc1ccccc1)Nc1ccc(S(=O)(=O)NC(=O)c2ccc(N3CCN(Cc4ccccc4-c4ccc(Cl)cc4)CC3)cc2)cc1[N+](=O)[O-]. The first-order chi connectivity index (χ1) is 27.4. The Morgan fingerprint density at radius 2 is 1.58 bits per heavy atom. The molecule has 0 bridgehead atoms. The highest BCUT2D eigenvalue weighted by atomic mass is 35.5. The van der Waals surface area contributed by atoms with Crippen molar-refractivity contribution in [1.82, 2.24) is 14.5 Å². The minimum Gasteiger partial charge on any atom is -0.376 e. The van der Waals surface area contributed by atoms with E-state index in [9.17, 15) is 23.3 Å². The summed E-state index contributed by atoms with van der Waals surface area (Å²) in [5.74, 6) is -0.171. The van der Waals surface area contributed by atoms with Crippen LogP contribution < -0.4 is 14.9 Å². The predicted octanol–water partition coefficient (Wildman–Crippen LogP) is 8.27. The van der Waals surface area contributed by atoms with Crippen LogP contribution in [-0.4, -0.2) is 87.7 Å². The highest BCUT2D eigenvalue weighted by molar-refractivity contribution is 7.99. The zero-order chi connectivity index (χ0) is 40.4. The number of benzene rings is 5. The van der Waals surface area contributed by atoms with E-state index < -0.39 is 20.9 Å². The fraction of sp³-hybridized carbons (Fsp3) is 0.279. The van der Waals surface area contributed by atoms with Crippen molar-refractivity contribution in [3.8, 4) is 11.1 Å². The second-order valence-corrected chi connectivity index (χ2v) is 17.5. The van der Waals surface area contributed by atoms with Crippen LogP contribution in [0.25, 0.3) is 11.1 Å². The molecular weight excluding hydrogens is 780 g/mol. The Kier molecular flexibility index (Phi) is 14.3. The van der Waals surface area contributed by atoms with Gasteiger partial charge in [-0.05, 0) is 111 Å². The number of rotatable bonds is 17. The zero-order valence-corrected chi connectivity index (χ0v) is 34.4. The number of piperazine rings is 1. The monoisotopic (exact) mass is 826 g/mol. The molecule has 11 nitrogen and oxygen atoms in total. The number of sulfonamides is 1. The van der Waals surface area contributed by atoms with Gasteiger partial charge in [-0.3, -0.25) is 19.8 Å². The van der Waals surface area contributed by atoms with Crippen molar-refractivity contribution in [1.29, 1.82) is 0 Å². The highest BCUT2D eigenvalue weighted by Gasteiger charge is 2.26. The normalized spacial score (nSPS) is 14.0. The van der Waals surface area contributed by atoms with Crippen LogP contribution >= 0.6 is 23.4 Å². The zero-order valence-electron chi connectivity index (χ0n) is 32.0. The Hall–Kier alpha value is -4.92. The smallest absolute Gasteiger partial charge is 0.293 e. The van der Waals surface area contributed by atoms with Gasteiger partial charge in [0.15, 0.2) is 0 Å². The third-order valence-corrected chi connectivity index (χ3v) is 12.6. The van der Waals surface area contributed by atoms with Gasteiger partial charge in [-0.15, -0.1) is 11.8 Å². The summed E-state index contributed by atoms with van der Waals surface area (Å²) in [5.41, 5.74) is 4.47. The van der Waals surface area contributed by atoms with E-state index in [1.165, 1.54) is 23.3 Å². The van der Waals surface area contributed by atoms with Gasteiger partial charge in [0, 0.05) is 71.8 Å². The van der Waals surface area contributed by atoms with Crippen molar-refractivity contribution in [2.75, 3.05) is 62.8 Å². The van der Waals surface area contributed by atoms with Crippen LogP contribution in [0.4, 0.5) is 17.1 Å². The van der Waals surface area contributed by atoms with Gasteiger partial charge < -0.3 is 15.1 Å². The molecule has 0 spiro atoms. The van der Waals surface area contributed by atoms with Crippen molar-refractivity contribution in [3.63, 3.8) is 0 Å². The van der Waals surface area contributed by atoms with Gasteiger partial charge in [0.2, 0.25) is 0 Å². The molecule has 1 saturated heterocycles. The lowest BCUT2D eigenvalue weighted by Gasteiger charge is -2.36. The molecule has 0 aliphatic carbocycles. The molecule has 0 saturated carbocycles. The topological polar surface area (TPSA) is 128 Å². The van der Waals surface area contributed by atoms with E-state index in [0.717, 1.165) is 74.3 Å². The molecule has 5 aromatic carbocycles. The van der Waals surface area contributed by atoms with Gasteiger partial charge in [0.05, 0.1) is 9.82 Å². The maximum Gasteiger partial charge on any atom is 0.293 e. The number of hydrogen-bond acceptors (Lipinski definition) is 10. The lowest BCUT2D eigenvalue weighted by Crippen LogP contribution is -2.46. The van der Waals surface area contributed by atoms with Crippen LogP contribution in [0.15, 0.2) is 131 Å². The molecular formula is C43H47ClN6O5S2. The van der Waals surface area contributed by atoms with Gasteiger partial charge >= 0.3 is 0 Å². The van der Waals surface area contributed by atoms with Gasteiger partial charge in [-0.25, -0.2) is 13.1 Å². The van der Waals surface area contributed by atoms with Crippen molar-refractivity contribution in [2.45, 2.75) is 35.2 Å². The number of nitrogens with zero attached hydrogens (tertiary/aromatic N) is 4. The third kappa shape index (κ3) is 11.6. The molecule has 1 fully saturated rings. The summed E-state index contributed by atoms with van der Waals surface area (Å²) in [6, 6.07) is 36.5. The molecule has 0 aromatic heterocycles. The van der Waals surface area contributed by atoms with E-state index in [2.05, 4.69) is 42.9 Å². The summed E-state index contributed by atoms with van der Waals surface area (Å²) in [6.45, 7) is 4.94. The molecule has 1 heterocycles. The van der Waals surface area contributed by atoms with Gasteiger partial charge in [0.25, 0.3) is 21.6 Å². The first-order valence-electron chi connectivity index (χ1n) is 18.8. The molecule has 6 rings (SSSR count). The summed E-state index contributed by atoms with van der Waals surface area (Å²) in [6.07, 6.45) is 1.62. The number of nitrogens with one attached hydrogen (secondary N) is 2. The summed E-state index contributed by atoms with van der Waals surface area (Å²) >= 11 is 7.76. The van der Waals surface area contributed by atoms with E-state index in [0.29, 0.717) is 10.8 Å². The van der Waals surface area contributed by atoms with Gasteiger partial charge in [-0.2, -0.15) is 0 Å². The minimum absolute atomic E-state index is 0.119. The van der Waals surface area contributed by atoms with Crippen molar-refractivity contribution >= 4 is 56.4 Å². The van der Waals surface area contributed by atoms with E-state index in [4.69, 9.17) is 11.6 Å². The molecule has 1 aliphatic rings. The van der Waals surface area contributed by atoms with Crippen LogP contribution in [-0.2, 0) is 16.6 Å². The largest absolute Gasteiger partial charge is 0.376 e. The van der Waals surface area contributed by atoms with E-state index in [1.54, 1.807) is 23.9 Å². The summed E-state index contributed by atoms with van der Waals surface area (Å²) in [4.78, 5) is 32.2. The molecule has 1 aliphatic heterocycles. The first kappa shape index (κ1) is 41.7. The Morgan fingerprint density at radius 1 is 0.895 bits per heavy atom. The second-order valence-electron chi connectivity index (χ2n) is 14.3. The van der Waals surface area contributed by atoms with Crippen LogP contribution in [0.5, 0.6) is 0 Å². The van der Waals surface area contributed by atoms with E-state index >= 15 is 0 Å². The highest BCUT2D eigenvalue weighted by Crippen LogP contribution is 2.31. The fourth-order valence-corrected chi connectivity index (χ4v) is 8.89. The lowest BCUT2D eigenvalue weighted by molar-refractivity contribution is -0.384. The molecule has 0 unspecified atom stereocenters. The summed E-state index contributed by atoms with van der Waals surface area (Å²) < 4.78 is 28.9. The van der Waals surface area contributed by atoms with Crippen LogP contribution in [0, 0.1) is 10.1 Å². The Labute approximate surface area is 344 Å². The number of carbonyl (C=O) groups is 1. The average Bonchev–Trinajstić information content (AvgIpc) is 3.21. The quantitative estimate of drug-likeness (QED) is 0.0537. The van der Waals surface area contributed by atoms with Crippen molar-refractivity contribution < 1.29 is 18.1 Å². The number of anilines is 2. The number of nitro groups is 1. The predicted molar refractivity (Wildman–Crippen MR) is 231 cm³/mol. The van der Waals surface area contributed by atoms with Crippen LogP contribution in [0.3, 0.4) is 0 Å². The van der Waals surface area contributed by atoms with Crippen LogP contribution in [0.1, 0.15) is 28.8 Å². The maximum atomic E-state index is 13.4. The summed E-state index contributed by atoms with van der Waals surface area (Å²) in [7, 11) is -0.439. The lowest BCUT2D eigenvalue weighted by atomic mass is 9.99. The third-order valence-electron chi connectivity index (χ3n) is 9.85. The molecule has 298 valence electrons. The van der Waals surface area contributed by atoms with E-state index in [1.807, 2.05) is 86.9 Å². The van der Waals surface area contributed by atoms with Crippen molar-refractivity contribution in [3.05, 3.63) is 148 Å². The Balaban J connectivity index is 1.06. The van der Waals surface area contributed by atoms with E-state index in [-0.39, 0.29) is 27.9 Å². The molecule has 57 heavy (non-hydrogen) atoms. The number of carbonyl (C=O) groups excluding carboxylic acids is 1. The standard InChI is InChI=1S/C43H47ClN6O5S2/c1-47(2)24-8-10-36(31-56-38-11-4-3-5-12-38)45-41-23-22-39(29-42(41)50(52)53)57(54,55)46-43(51)33-16-20-37(21-17-33)49-27-25-48(26-28-49)30-34-9-6-7-13-40(34)32-14-18-35(44)19-15-32/h3-7,9,11-23,29,36,45H,8,10,24-28,30-31H2,1-2H3,(H,46,51)/t36-/m1/s1. The number of halogens is 1. The minimum atomic E-state index is -4.43. The van der Waals surface area contributed by atoms with Gasteiger partial charge in [-0.1, -0.05) is 66.2 Å². The molecule has 5 aromatic rings. The Bertz CT molecular complexity index is 2240. The summed E-state index contributed by atoms with van der Waals surface area (Å²) in [5, 5.41) is 16.2. The maximum absolute atomic E-state index is 13.4. The van der Waals surface area contributed by atoms with Crippen LogP contribution in [0.2, 0.25) is 5.02 Å². The first-order valence-corrected chi connectivity index (χ1v) is 21.7. The number of amides is 1. The molecule has 1 amide bonds. The van der Waals surface area contributed by atoms with Gasteiger partial charge in [0.1, 0.15) is 5.69 Å². The fourth-order valence-electron chi connectivity index (χ4n) is 6.77. The van der Waals surface area contributed by atoms with Crippen molar-refractivity contribution in [2.24, 2.45) is 0 Å². The average molecular weight is 827 g/mol. The number of thioether (sulfide) groups is 1. The number of nitro benzene ring substituents is 1. The molecule has 14 heteroatoms. The number of hydrogen-bond donors (Lipinski definition) is 2. The molecule has 0 radical (unpaired) electrons. The second kappa shape index (κ2) is 19.5.